The maximum atomic E-state index is 5.34. The molecule has 0 atom stereocenters. The molecule has 0 aromatic rings. The number of hydrogen-bond acceptors (Lipinski definition) is 3. The Bertz CT molecular complexity index is 130. The van der Waals surface area contributed by atoms with Gasteiger partial charge in [-0.15, -0.1) is 0 Å². The maximum absolute atomic E-state index is 5.34. The number of rotatable bonds is 3. The largest absolute Gasteiger partial charge is 0.386 e. The van der Waals surface area contributed by atoms with E-state index in [4.69, 9.17) is 10.5 Å². The van der Waals surface area contributed by atoms with Crippen LogP contribution in [-0.2, 0) is 4.74 Å². The lowest BCUT2D eigenvalue weighted by molar-refractivity contribution is 0.0201. The van der Waals surface area contributed by atoms with Gasteiger partial charge in [-0.1, -0.05) is 6.58 Å². The standard InChI is InChI=1S/C7H14N2O/c1-5(8)9-6-3-7(4-6)10-2/h6-7,9H,1,3-4,8H2,2H3. The Labute approximate surface area is 61.2 Å². The smallest absolute Gasteiger partial charge is 0.0888 e. The normalized spacial score (nSPS) is 30.9. The second-order valence-corrected chi connectivity index (χ2v) is 2.70. The van der Waals surface area contributed by atoms with Crippen LogP contribution in [0.1, 0.15) is 12.8 Å². The van der Waals surface area contributed by atoms with Crippen LogP contribution in [0.2, 0.25) is 0 Å². The van der Waals surface area contributed by atoms with Crippen molar-refractivity contribution in [2.24, 2.45) is 5.73 Å². The van der Waals surface area contributed by atoms with Crippen molar-refractivity contribution < 1.29 is 4.74 Å². The molecule has 0 amide bonds. The first-order valence-corrected chi connectivity index (χ1v) is 3.46. The summed E-state index contributed by atoms with van der Waals surface area (Å²) >= 11 is 0. The van der Waals surface area contributed by atoms with Crippen molar-refractivity contribution in [2.75, 3.05) is 7.11 Å². The molecular weight excluding hydrogens is 128 g/mol. The first-order valence-electron chi connectivity index (χ1n) is 3.46. The molecule has 0 aromatic heterocycles. The van der Waals surface area contributed by atoms with Crippen molar-refractivity contribution in [3.63, 3.8) is 0 Å². The summed E-state index contributed by atoms with van der Waals surface area (Å²) in [5.41, 5.74) is 5.34. The van der Waals surface area contributed by atoms with E-state index in [2.05, 4.69) is 11.9 Å². The molecule has 0 saturated heterocycles. The molecule has 10 heavy (non-hydrogen) atoms. The second kappa shape index (κ2) is 2.92. The van der Waals surface area contributed by atoms with Gasteiger partial charge in [0, 0.05) is 13.2 Å². The molecule has 0 bridgehead atoms. The Hall–Kier alpha value is -0.700. The van der Waals surface area contributed by atoms with Crippen LogP contribution in [0.5, 0.6) is 0 Å². The minimum Gasteiger partial charge on any atom is -0.386 e. The van der Waals surface area contributed by atoms with Gasteiger partial charge in [-0.05, 0) is 12.8 Å². The van der Waals surface area contributed by atoms with Crippen molar-refractivity contribution >= 4 is 0 Å². The minimum atomic E-state index is 0.428. The Kier molecular flexibility index (Phi) is 2.17. The molecule has 1 aliphatic rings. The summed E-state index contributed by atoms with van der Waals surface area (Å²) in [5, 5.41) is 3.05. The predicted octanol–water partition coefficient (Wildman–Crippen LogP) is 0.183. The Morgan fingerprint density at radius 3 is 2.70 bits per heavy atom. The quantitative estimate of drug-likeness (QED) is 0.591. The van der Waals surface area contributed by atoms with Gasteiger partial charge in [0.1, 0.15) is 0 Å². The van der Waals surface area contributed by atoms with Gasteiger partial charge in [-0.25, -0.2) is 0 Å². The summed E-state index contributed by atoms with van der Waals surface area (Å²) in [6, 6.07) is 0.488. The van der Waals surface area contributed by atoms with Crippen LogP contribution in [0.25, 0.3) is 0 Å². The predicted molar refractivity (Wildman–Crippen MR) is 40.3 cm³/mol. The van der Waals surface area contributed by atoms with Crippen LogP contribution in [-0.4, -0.2) is 19.3 Å². The van der Waals surface area contributed by atoms with Crippen LogP contribution in [0.15, 0.2) is 12.4 Å². The third-order valence-corrected chi connectivity index (χ3v) is 1.82. The van der Waals surface area contributed by atoms with Crippen molar-refractivity contribution in [2.45, 2.75) is 25.0 Å². The Morgan fingerprint density at radius 2 is 2.30 bits per heavy atom. The van der Waals surface area contributed by atoms with Crippen LogP contribution < -0.4 is 11.1 Å². The summed E-state index contributed by atoms with van der Waals surface area (Å²) in [7, 11) is 1.73. The molecule has 3 N–H and O–H groups in total. The summed E-state index contributed by atoms with van der Waals surface area (Å²) in [5.74, 6) is 0.555. The van der Waals surface area contributed by atoms with Crippen molar-refractivity contribution in [3.8, 4) is 0 Å². The molecule has 3 nitrogen and oxygen atoms in total. The second-order valence-electron chi connectivity index (χ2n) is 2.70. The van der Waals surface area contributed by atoms with Gasteiger partial charge < -0.3 is 15.8 Å². The number of methoxy groups -OCH3 is 1. The van der Waals surface area contributed by atoms with Gasteiger partial charge in [-0.2, -0.15) is 0 Å². The topological polar surface area (TPSA) is 47.3 Å². The molecule has 0 aromatic carbocycles. The zero-order chi connectivity index (χ0) is 7.56. The summed E-state index contributed by atoms with van der Waals surface area (Å²) in [6.45, 7) is 3.55. The van der Waals surface area contributed by atoms with Gasteiger partial charge >= 0.3 is 0 Å². The third-order valence-electron chi connectivity index (χ3n) is 1.82. The molecule has 58 valence electrons. The number of hydrogen-bond donors (Lipinski definition) is 2. The zero-order valence-electron chi connectivity index (χ0n) is 6.26. The number of ether oxygens (including phenoxy) is 1. The van der Waals surface area contributed by atoms with Gasteiger partial charge in [0.2, 0.25) is 0 Å². The highest BCUT2D eigenvalue weighted by Crippen LogP contribution is 2.22. The average Bonchev–Trinajstić information content (AvgIpc) is 1.76. The zero-order valence-corrected chi connectivity index (χ0v) is 6.26. The highest BCUT2D eigenvalue weighted by atomic mass is 16.5. The minimum absolute atomic E-state index is 0.428. The number of nitrogens with one attached hydrogen (secondary N) is 1. The first-order chi connectivity index (χ1) is 4.72. The average molecular weight is 142 g/mol. The SMILES string of the molecule is C=C(N)NC1CC(OC)C1. The fourth-order valence-corrected chi connectivity index (χ4v) is 1.14. The lowest BCUT2D eigenvalue weighted by Gasteiger charge is -2.35. The highest BCUT2D eigenvalue weighted by Gasteiger charge is 2.28. The van der Waals surface area contributed by atoms with E-state index in [-0.39, 0.29) is 0 Å². The Morgan fingerprint density at radius 1 is 1.70 bits per heavy atom. The van der Waals surface area contributed by atoms with E-state index in [1.165, 1.54) is 0 Å². The van der Waals surface area contributed by atoms with E-state index in [0.29, 0.717) is 18.0 Å². The van der Waals surface area contributed by atoms with Crippen LogP contribution >= 0.6 is 0 Å². The maximum Gasteiger partial charge on any atom is 0.0888 e. The lowest BCUT2D eigenvalue weighted by atomic mass is 9.89. The molecule has 0 heterocycles. The lowest BCUT2D eigenvalue weighted by Crippen LogP contribution is -2.45. The van der Waals surface area contributed by atoms with Crippen molar-refractivity contribution in [3.05, 3.63) is 12.4 Å². The monoisotopic (exact) mass is 142 g/mol. The van der Waals surface area contributed by atoms with Crippen LogP contribution in [0.3, 0.4) is 0 Å². The van der Waals surface area contributed by atoms with E-state index >= 15 is 0 Å². The fraction of sp³-hybridized carbons (Fsp3) is 0.714. The molecule has 0 unspecified atom stereocenters. The molecule has 1 aliphatic carbocycles. The van der Waals surface area contributed by atoms with E-state index in [1.807, 2.05) is 0 Å². The van der Waals surface area contributed by atoms with Gasteiger partial charge in [-0.3, -0.25) is 0 Å². The molecule has 0 spiro atoms. The molecule has 1 rings (SSSR count). The van der Waals surface area contributed by atoms with Gasteiger partial charge in [0.05, 0.1) is 11.9 Å². The molecular formula is C7H14N2O. The highest BCUT2D eigenvalue weighted by molar-refractivity contribution is 4.94. The van der Waals surface area contributed by atoms with E-state index in [1.54, 1.807) is 7.11 Å². The molecule has 0 aliphatic heterocycles. The molecule has 3 heteroatoms. The molecule has 0 radical (unpaired) electrons. The summed E-state index contributed by atoms with van der Waals surface area (Å²) < 4.78 is 5.09. The Balaban J connectivity index is 2.08. The molecule has 1 fully saturated rings. The van der Waals surface area contributed by atoms with E-state index < -0.39 is 0 Å². The van der Waals surface area contributed by atoms with Crippen molar-refractivity contribution in [1.29, 1.82) is 0 Å². The van der Waals surface area contributed by atoms with E-state index in [0.717, 1.165) is 12.8 Å². The van der Waals surface area contributed by atoms with Crippen LogP contribution in [0, 0.1) is 0 Å². The number of nitrogens with two attached hydrogens (primary N) is 1. The van der Waals surface area contributed by atoms with Crippen molar-refractivity contribution in [1.82, 2.24) is 5.32 Å². The van der Waals surface area contributed by atoms with Gasteiger partial charge in [0.15, 0.2) is 0 Å². The van der Waals surface area contributed by atoms with Crippen LogP contribution in [0.4, 0.5) is 0 Å². The molecule has 1 saturated carbocycles. The first kappa shape index (κ1) is 7.41. The third kappa shape index (κ3) is 1.64. The fourth-order valence-electron chi connectivity index (χ4n) is 1.14. The summed E-state index contributed by atoms with van der Waals surface area (Å²) in [4.78, 5) is 0. The van der Waals surface area contributed by atoms with Gasteiger partial charge in [0.25, 0.3) is 0 Å². The summed E-state index contributed by atoms with van der Waals surface area (Å²) in [6.07, 6.45) is 2.52. The van der Waals surface area contributed by atoms with E-state index in [9.17, 15) is 0 Å².